The van der Waals surface area contributed by atoms with Crippen molar-refractivity contribution in [3.05, 3.63) is 18.6 Å². The molecule has 50 heavy (non-hydrogen) atoms. The van der Waals surface area contributed by atoms with Gasteiger partial charge in [0.15, 0.2) is 5.65 Å². The average molecular weight is 697 g/mol. The van der Waals surface area contributed by atoms with E-state index in [0.717, 1.165) is 6.42 Å². The second-order valence-corrected chi connectivity index (χ2v) is 13.4. The highest BCUT2D eigenvalue weighted by molar-refractivity contribution is 5.93. The molecule has 3 heterocycles. The maximum absolute atomic E-state index is 13.1. The second kappa shape index (κ2) is 18.6. The molecular formula is C34H50N9O7+. The van der Waals surface area contributed by atoms with Gasteiger partial charge in [-0.15, -0.1) is 0 Å². The second-order valence-electron chi connectivity index (χ2n) is 13.4. The van der Waals surface area contributed by atoms with Crippen LogP contribution in [-0.4, -0.2) is 112 Å². The lowest BCUT2D eigenvalue weighted by molar-refractivity contribution is -0.405. The van der Waals surface area contributed by atoms with Crippen molar-refractivity contribution in [1.29, 1.82) is 5.26 Å². The number of piperidine rings is 1. The Hall–Kier alpha value is -5.07. The molecule has 0 radical (unpaired) electrons. The van der Waals surface area contributed by atoms with Crippen LogP contribution in [0.2, 0.25) is 0 Å². The van der Waals surface area contributed by atoms with Crippen LogP contribution in [0.5, 0.6) is 0 Å². The zero-order valence-electron chi connectivity index (χ0n) is 29.9. The number of carbonyl (C=O) groups is 5. The van der Waals surface area contributed by atoms with Crippen molar-refractivity contribution < 1.29 is 38.0 Å². The topological polar surface area (TPSA) is 201 Å². The van der Waals surface area contributed by atoms with Gasteiger partial charge in [0.2, 0.25) is 18.1 Å². The molecule has 0 spiro atoms. The number of hydrogen-bond acceptors (Lipinski definition) is 10. The summed E-state index contributed by atoms with van der Waals surface area (Å²) in [6.45, 7) is 9.17. The van der Waals surface area contributed by atoms with E-state index in [9.17, 15) is 24.0 Å². The van der Waals surface area contributed by atoms with E-state index in [1.807, 2.05) is 23.9 Å². The first-order chi connectivity index (χ1) is 23.7. The van der Waals surface area contributed by atoms with E-state index in [4.69, 9.17) is 14.7 Å². The predicted octanol–water partition coefficient (Wildman–Crippen LogP) is 2.86. The minimum atomic E-state index is -0.828. The molecule has 1 unspecified atom stereocenters. The van der Waals surface area contributed by atoms with Crippen molar-refractivity contribution in [3.8, 4) is 6.07 Å². The van der Waals surface area contributed by atoms with Crippen LogP contribution in [0.25, 0.3) is 11.0 Å². The molecule has 1 fully saturated rings. The Balaban J connectivity index is 1.50. The Morgan fingerprint density at radius 2 is 1.88 bits per heavy atom. The number of amides is 4. The summed E-state index contributed by atoms with van der Waals surface area (Å²) in [5, 5.41) is 17.8. The highest BCUT2D eigenvalue weighted by atomic mass is 16.6. The fourth-order valence-electron chi connectivity index (χ4n) is 5.61. The van der Waals surface area contributed by atoms with Crippen molar-refractivity contribution >= 4 is 53.0 Å². The number of ether oxygens (including phenoxy) is 2. The number of likely N-dealkylation sites (tertiary alicyclic amines) is 1. The number of rotatable bonds is 14. The molecule has 0 saturated carbocycles. The van der Waals surface area contributed by atoms with E-state index in [2.05, 4.69) is 32.8 Å². The summed E-state index contributed by atoms with van der Waals surface area (Å²) in [7, 11) is 3.12. The molecule has 3 rings (SSSR count). The van der Waals surface area contributed by atoms with Crippen molar-refractivity contribution in [2.45, 2.75) is 84.3 Å². The standard InChI is InChI=1S/C34H49N9O7/c1-23-13-18-42(28(45)12-15-35)21-24(23)20-41(5)29-25-14-19-43(30(25)39-22-38-29)32(47)36-17-9-11-27(44)40-26(31(46)49-6)10-7-8-16-37-33(48)50-34(2,3)4/h14,19-20,22-24,26H,7-13,16-18,21H2,1-6H3,(H2-,36,37,40,44,47,48)/p+1/b41-20-/t23-,24?,26+/m1/s1. The van der Waals surface area contributed by atoms with Gasteiger partial charge in [-0.3, -0.25) is 14.2 Å². The van der Waals surface area contributed by atoms with Crippen LogP contribution in [0.3, 0.4) is 0 Å². The molecule has 2 aromatic rings. The molecule has 272 valence electrons. The van der Waals surface area contributed by atoms with E-state index < -0.39 is 29.7 Å². The normalized spacial score (nSPS) is 17.0. The SMILES string of the molecule is COC(=O)[C@H](CCCCNC(=O)OC(C)(C)C)NC(=O)CCCNC(=O)n1ccc2c(/[N+](C)=C\C3CN(C(=O)CC#N)CC[C@H]3C)ncnc21. The Labute approximate surface area is 292 Å². The third-order valence-corrected chi connectivity index (χ3v) is 8.29. The lowest BCUT2D eigenvalue weighted by Crippen LogP contribution is -2.44. The van der Waals surface area contributed by atoms with Crippen molar-refractivity contribution in [2.75, 3.05) is 40.3 Å². The summed E-state index contributed by atoms with van der Waals surface area (Å²) in [5.74, 6) is -0.0988. The van der Waals surface area contributed by atoms with E-state index in [1.165, 1.54) is 18.0 Å². The molecule has 4 amide bonds. The minimum Gasteiger partial charge on any atom is -0.467 e. The van der Waals surface area contributed by atoms with E-state index in [-0.39, 0.29) is 37.1 Å². The zero-order chi connectivity index (χ0) is 36.8. The monoisotopic (exact) mass is 696 g/mol. The van der Waals surface area contributed by atoms with Crippen LogP contribution in [0, 0.1) is 23.2 Å². The smallest absolute Gasteiger partial charge is 0.407 e. The van der Waals surface area contributed by atoms with Gasteiger partial charge in [0, 0.05) is 44.7 Å². The number of carbonyl (C=O) groups excluding carboxylic acids is 5. The molecule has 16 nitrogen and oxygen atoms in total. The van der Waals surface area contributed by atoms with Gasteiger partial charge in [0.1, 0.15) is 23.4 Å². The van der Waals surface area contributed by atoms with Crippen LogP contribution >= 0.6 is 0 Å². The number of hydrogen-bond donors (Lipinski definition) is 3. The van der Waals surface area contributed by atoms with Crippen LogP contribution in [-0.2, 0) is 23.9 Å². The number of nitriles is 1. The van der Waals surface area contributed by atoms with Gasteiger partial charge in [-0.2, -0.15) is 10.2 Å². The Kier molecular flexibility index (Phi) is 14.7. The molecule has 0 aliphatic carbocycles. The molecule has 2 aromatic heterocycles. The first kappa shape index (κ1) is 39.4. The van der Waals surface area contributed by atoms with E-state index >= 15 is 0 Å². The summed E-state index contributed by atoms with van der Waals surface area (Å²) in [6.07, 6.45) is 7.06. The quantitative estimate of drug-likeness (QED) is 0.114. The van der Waals surface area contributed by atoms with E-state index in [1.54, 1.807) is 37.9 Å². The molecule has 1 aliphatic rings. The van der Waals surface area contributed by atoms with Gasteiger partial charge in [0.25, 0.3) is 0 Å². The van der Waals surface area contributed by atoms with Crippen LogP contribution in [0.1, 0.15) is 72.6 Å². The first-order valence-electron chi connectivity index (χ1n) is 16.9. The van der Waals surface area contributed by atoms with Gasteiger partial charge >= 0.3 is 23.9 Å². The molecule has 1 saturated heterocycles. The number of nitrogens with zero attached hydrogens (tertiary/aromatic N) is 6. The highest BCUT2D eigenvalue weighted by Crippen LogP contribution is 2.25. The first-order valence-corrected chi connectivity index (χ1v) is 16.9. The molecule has 16 heteroatoms. The third kappa shape index (κ3) is 11.8. The summed E-state index contributed by atoms with van der Waals surface area (Å²) < 4.78 is 13.3. The summed E-state index contributed by atoms with van der Waals surface area (Å²) in [6, 6.07) is 2.44. The van der Waals surface area contributed by atoms with E-state index in [0.29, 0.717) is 68.1 Å². The lowest BCUT2D eigenvalue weighted by atomic mass is 9.87. The summed E-state index contributed by atoms with van der Waals surface area (Å²) in [5.41, 5.74) is -0.182. The molecule has 3 atom stereocenters. The fraction of sp³-hybridized carbons (Fsp3) is 0.618. The maximum Gasteiger partial charge on any atom is 0.407 e. The zero-order valence-corrected chi connectivity index (χ0v) is 29.9. The number of esters is 1. The lowest BCUT2D eigenvalue weighted by Gasteiger charge is -2.34. The number of nitrogens with one attached hydrogen (secondary N) is 3. The molecule has 3 N–H and O–H groups in total. The Morgan fingerprint density at radius 1 is 1.14 bits per heavy atom. The van der Waals surface area contributed by atoms with Crippen molar-refractivity contribution in [3.63, 3.8) is 0 Å². The van der Waals surface area contributed by atoms with Crippen LogP contribution < -0.4 is 16.0 Å². The average Bonchev–Trinajstić information content (AvgIpc) is 3.50. The largest absolute Gasteiger partial charge is 0.467 e. The van der Waals surface area contributed by atoms with Gasteiger partial charge in [-0.1, -0.05) is 6.92 Å². The van der Waals surface area contributed by atoms with Crippen LogP contribution in [0.15, 0.2) is 18.6 Å². The predicted molar refractivity (Wildman–Crippen MR) is 184 cm³/mol. The molecular weight excluding hydrogens is 646 g/mol. The van der Waals surface area contributed by atoms with Gasteiger partial charge in [-0.25, -0.2) is 19.0 Å². The van der Waals surface area contributed by atoms with Crippen molar-refractivity contribution in [2.24, 2.45) is 11.8 Å². The minimum absolute atomic E-state index is 0.0556. The summed E-state index contributed by atoms with van der Waals surface area (Å²) >= 11 is 0. The molecule has 0 bridgehead atoms. The van der Waals surface area contributed by atoms with Crippen LogP contribution in [0.4, 0.5) is 15.4 Å². The Bertz CT molecular complexity index is 1590. The number of unbranched alkanes of at least 4 members (excludes halogenated alkanes) is 1. The number of alkyl carbamates (subject to hydrolysis) is 1. The number of methoxy groups -OCH3 is 1. The molecule has 0 aromatic carbocycles. The van der Waals surface area contributed by atoms with Crippen molar-refractivity contribution in [1.82, 2.24) is 35.4 Å². The van der Waals surface area contributed by atoms with Gasteiger partial charge in [0.05, 0.1) is 26.4 Å². The fourth-order valence-corrected chi connectivity index (χ4v) is 5.61. The number of fused-ring (bicyclic) bond motifs is 1. The summed E-state index contributed by atoms with van der Waals surface area (Å²) in [4.78, 5) is 72.5. The van der Waals surface area contributed by atoms with Gasteiger partial charge in [-0.05, 0) is 69.8 Å². The third-order valence-electron chi connectivity index (χ3n) is 8.29. The number of aromatic nitrogens is 3. The maximum atomic E-state index is 13.1. The Morgan fingerprint density at radius 3 is 2.58 bits per heavy atom. The molecule has 1 aliphatic heterocycles. The van der Waals surface area contributed by atoms with Gasteiger partial charge < -0.3 is 30.3 Å². The highest BCUT2D eigenvalue weighted by Gasteiger charge is 2.30.